The summed E-state index contributed by atoms with van der Waals surface area (Å²) in [4.78, 5) is 37.4. The Morgan fingerprint density at radius 2 is 1.38 bits per heavy atom. The molecule has 1 heterocycles. The molecule has 0 saturated heterocycles. The summed E-state index contributed by atoms with van der Waals surface area (Å²) >= 11 is 0. The number of fused-ring (bicyclic) bond motifs is 2. The molecular weight excluding hydrogens is 306 g/mol. The van der Waals surface area contributed by atoms with Gasteiger partial charge in [-0.2, -0.15) is 0 Å². The van der Waals surface area contributed by atoms with Crippen molar-refractivity contribution in [3.63, 3.8) is 0 Å². The van der Waals surface area contributed by atoms with Crippen LogP contribution in [0.5, 0.6) is 0 Å². The van der Waals surface area contributed by atoms with Crippen molar-refractivity contribution in [2.45, 2.75) is 0 Å². The summed E-state index contributed by atoms with van der Waals surface area (Å²) in [5, 5.41) is 12.7. The number of carboxylic acid groups (broad SMARTS) is 1. The van der Waals surface area contributed by atoms with Gasteiger partial charge in [0.15, 0.2) is 0 Å². The number of hydrogen-bond donors (Lipinski definition) is 0. The molecule has 0 spiro atoms. The van der Waals surface area contributed by atoms with Gasteiger partial charge in [-0.1, -0.05) is 36.4 Å². The number of carbonyl (C=O) groups is 3. The van der Waals surface area contributed by atoms with E-state index < -0.39 is 17.8 Å². The summed E-state index contributed by atoms with van der Waals surface area (Å²) < 4.78 is 0. The highest BCUT2D eigenvalue weighted by atomic mass is 16.4. The molecule has 0 unspecified atom stereocenters. The Balaban J connectivity index is 1.86. The third-order valence-electron chi connectivity index (χ3n) is 4.09. The van der Waals surface area contributed by atoms with Crippen molar-refractivity contribution < 1.29 is 19.5 Å². The second-order valence-corrected chi connectivity index (χ2v) is 5.53. The summed E-state index contributed by atoms with van der Waals surface area (Å²) in [5.41, 5.74) is 0.760. The van der Waals surface area contributed by atoms with Gasteiger partial charge in [0.1, 0.15) is 0 Å². The van der Waals surface area contributed by atoms with E-state index in [9.17, 15) is 19.5 Å². The molecule has 24 heavy (non-hydrogen) atoms. The molecule has 0 saturated carbocycles. The van der Waals surface area contributed by atoms with Gasteiger partial charge in [0.2, 0.25) is 0 Å². The summed E-state index contributed by atoms with van der Waals surface area (Å²) in [6, 6.07) is 16.4. The standard InChI is InChI=1S/C19H11NO4/c21-17-15-9-11-4-1-2-5-12(11)10-16(15)18(22)20(17)14-7-3-6-13(8-14)19(23)24/h1-10H,(H,23,24)/p-1. The predicted octanol–water partition coefficient (Wildman–Crippen LogP) is 2.00. The first kappa shape index (κ1) is 14.1. The number of benzene rings is 3. The number of imide groups is 1. The van der Waals surface area contributed by atoms with Crippen molar-refractivity contribution in [2.75, 3.05) is 4.90 Å². The molecule has 2 amide bonds. The fraction of sp³-hybridized carbons (Fsp3) is 0. The first-order valence-electron chi connectivity index (χ1n) is 7.29. The zero-order valence-corrected chi connectivity index (χ0v) is 12.4. The minimum absolute atomic E-state index is 0.0887. The van der Waals surface area contributed by atoms with Crippen molar-refractivity contribution in [1.82, 2.24) is 0 Å². The Bertz CT molecular complexity index is 984. The maximum absolute atomic E-state index is 12.7. The number of anilines is 1. The summed E-state index contributed by atoms with van der Waals surface area (Å²) in [7, 11) is 0. The minimum Gasteiger partial charge on any atom is -0.545 e. The van der Waals surface area contributed by atoms with E-state index in [-0.39, 0.29) is 11.3 Å². The molecule has 4 rings (SSSR count). The van der Waals surface area contributed by atoms with Crippen LogP contribution < -0.4 is 10.0 Å². The first-order chi connectivity index (χ1) is 11.6. The van der Waals surface area contributed by atoms with Crippen molar-refractivity contribution in [1.29, 1.82) is 0 Å². The van der Waals surface area contributed by atoms with Gasteiger partial charge in [0, 0.05) is 0 Å². The van der Waals surface area contributed by atoms with Crippen LogP contribution in [0, 0.1) is 0 Å². The van der Waals surface area contributed by atoms with Crippen LogP contribution in [0.4, 0.5) is 5.69 Å². The van der Waals surface area contributed by atoms with Gasteiger partial charge in [0.05, 0.1) is 22.8 Å². The molecule has 0 radical (unpaired) electrons. The topological polar surface area (TPSA) is 77.5 Å². The van der Waals surface area contributed by atoms with E-state index >= 15 is 0 Å². The van der Waals surface area contributed by atoms with Gasteiger partial charge in [-0.15, -0.1) is 0 Å². The third kappa shape index (κ3) is 1.99. The number of carboxylic acids is 1. The molecule has 0 atom stereocenters. The zero-order valence-electron chi connectivity index (χ0n) is 12.4. The lowest BCUT2D eigenvalue weighted by Crippen LogP contribution is -2.30. The lowest BCUT2D eigenvalue weighted by molar-refractivity contribution is -0.255. The molecule has 1 aliphatic rings. The fourth-order valence-corrected chi connectivity index (χ4v) is 2.93. The van der Waals surface area contributed by atoms with E-state index in [2.05, 4.69) is 0 Å². The Hall–Kier alpha value is -3.47. The molecule has 0 aromatic heterocycles. The molecule has 3 aromatic rings. The van der Waals surface area contributed by atoms with E-state index in [0.717, 1.165) is 15.7 Å². The number of amides is 2. The summed E-state index contributed by atoms with van der Waals surface area (Å²) in [6.45, 7) is 0. The van der Waals surface area contributed by atoms with E-state index in [1.807, 2.05) is 24.3 Å². The summed E-state index contributed by atoms with van der Waals surface area (Å²) in [5.74, 6) is -2.29. The van der Waals surface area contributed by atoms with Crippen LogP contribution in [-0.4, -0.2) is 17.8 Å². The number of hydrogen-bond acceptors (Lipinski definition) is 4. The quantitative estimate of drug-likeness (QED) is 0.678. The second-order valence-electron chi connectivity index (χ2n) is 5.53. The molecule has 116 valence electrons. The van der Waals surface area contributed by atoms with Crippen LogP contribution >= 0.6 is 0 Å². The van der Waals surface area contributed by atoms with E-state index in [0.29, 0.717) is 11.1 Å². The molecule has 0 aliphatic carbocycles. The Labute approximate surface area is 136 Å². The van der Waals surface area contributed by atoms with Crippen molar-refractivity contribution >= 4 is 34.2 Å². The molecule has 5 heteroatoms. The highest BCUT2D eigenvalue weighted by Crippen LogP contribution is 2.31. The average molecular weight is 316 g/mol. The highest BCUT2D eigenvalue weighted by Gasteiger charge is 2.37. The van der Waals surface area contributed by atoms with E-state index in [1.54, 1.807) is 12.1 Å². The fourth-order valence-electron chi connectivity index (χ4n) is 2.93. The number of nitrogens with zero attached hydrogens (tertiary/aromatic N) is 1. The molecular formula is C19H10NO4-. The molecule has 3 aromatic carbocycles. The average Bonchev–Trinajstić information content (AvgIpc) is 2.84. The zero-order chi connectivity index (χ0) is 16.8. The maximum atomic E-state index is 12.7. The Morgan fingerprint density at radius 1 is 0.792 bits per heavy atom. The van der Waals surface area contributed by atoms with Crippen LogP contribution in [0.3, 0.4) is 0 Å². The Kier molecular flexibility index (Phi) is 2.96. The van der Waals surface area contributed by atoms with E-state index in [4.69, 9.17) is 0 Å². The molecule has 0 N–H and O–H groups in total. The maximum Gasteiger partial charge on any atom is 0.266 e. The van der Waals surface area contributed by atoms with Crippen LogP contribution in [-0.2, 0) is 0 Å². The lowest BCUT2D eigenvalue weighted by atomic mass is 10.0. The number of carbonyl (C=O) groups excluding carboxylic acids is 3. The molecule has 1 aliphatic heterocycles. The first-order valence-corrected chi connectivity index (χ1v) is 7.29. The molecule has 0 bridgehead atoms. The van der Waals surface area contributed by atoms with Crippen LogP contribution in [0.2, 0.25) is 0 Å². The molecule has 0 fully saturated rings. The number of aromatic carboxylic acids is 1. The summed E-state index contributed by atoms with van der Waals surface area (Å²) in [6.07, 6.45) is 0. The van der Waals surface area contributed by atoms with Gasteiger partial charge < -0.3 is 9.90 Å². The lowest BCUT2D eigenvalue weighted by Gasteiger charge is -2.15. The predicted molar refractivity (Wildman–Crippen MR) is 85.9 cm³/mol. The van der Waals surface area contributed by atoms with Crippen LogP contribution in [0.1, 0.15) is 31.1 Å². The smallest absolute Gasteiger partial charge is 0.266 e. The van der Waals surface area contributed by atoms with Gasteiger partial charge in [0.25, 0.3) is 11.8 Å². The monoisotopic (exact) mass is 316 g/mol. The third-order valence-corrected chi connectivity index (χ3v) is 4.09. The van der Waals surface area contributed by atoms with Crippen molar-refractivity contribution in [3.05, 3.63) is 77.4 Å². The number of rotatable bonds is 2. The van der Waals surface area contributed by atoms with Gasteiger partial charge in [-0.25, -0.2) is 4.90 Å². The van der Waals surface area contributed by atoms with Gasteiger partial charge in [-0.05, 0) is 40.6 Å². The second kappa shape index (κ2) is 5.03. The normalized spacial score (nSPS) is 13.4. The SMILES string of the molecule is O=C([O-])c1cccc(N2C(=O)c3cc4ccccc4cc3C2=O)c1. The van der Waals surface area contributed by atoms with E-state index in [1.165, 1.54) is 24.3 Å². The van der Waals surface area contributed by atoms with Gasteiger partial charge in [-0.3, -0.25) is 9.59 Å². The van der Waals surface area contributed by atoms with Gasteiger partial charge >= 0.3 is 0 Å². The van der Waals surface area contributed by atoms with Crippen LogP contribution in [0.15, 0.2) is 60.7 Å². The van der Waals surface area contributed by atoms with Crippen molar-refractivity contribution in [3.8, 4) is 0 Å². The van der Waals surface area contributed by atoms with Crippen LogP contribution in [0.25, 0.3) is 10.8 Å². The highest BCUT2D eigenvalue weighted by molar-refractivity contribution is 6.35. The van der Waals surface area contributed by atoms with Crippen molar-refractivity contribution in [2.24, 2.45) is 0 Å². The largest absolute Gasteiger partial charge is 0.545 e. The molecule has 5 nitrogen and oxygen atoms in total. The minimum atomic E-state index is -1.36. The Morgan fingerprint density at radius 3 is 1.92 bits per heavy atom.